The highest BCUT2D eigenvalue weighted by atomic mass is 32.1. The lowest BCUT2D eigenvalue weighted by Gasteiger charge is -2.12. The molecular weight excluding hydrogens is 382 g/mol. The van der Waals surface area contributed by atoms with Crippen LogP contribution < -0.4 is 20.7 Å². The molecular formula is C18H17N5O2S2. The second-order valence-corrected chi connectivity index (χ2v) is 6.38. The number of nitrogens with one attached hydrogen (secondary N) is 3. The van der Waals surface area contributed by atoms with E-state index in [4.69, 9.17) is 17.0 Å². The highest BCUT2D eigenvalue weighted by molar-refractivity contribution is 7.80. The number of amides is 1. The van der Waals surface area contributed by atoms with Crippen LogP contribution in [0.5, 0.6) is 5.75 Å². The molecule has 0 unspecified atom stereocenters. The van der Waals surface area contributed by atoms with Crippen LogP contribution >= 0.6 is 23.8 Å². The van der Waals surface area contributed by atoms with E-state index in [2.05, 4.69) is 25.5 Å². The minimum atomic E-state index is -0.292. The summed E-state index contributed by atoms with van der Waals surface area (Å²) in [5.74, 6) is 0.532. The van der Waals surface area contributed by atoms with Crippen molar-refractivity contribution in [3.05, 3.63) is 65.7 Å². The number of anilines is 2. The van der Waals surface area contributed by atoms with E-state index in [0.717, 1.165) is 23.0 Å². The van der Waals surface area contributed by atoms with Crippen molar-refractivity contribution in [2.24, 2.45) is 0 Å². The fourth-order valence-corrected chi connectivity index (χ4v) is 2.78. The summed E-state index contributed by atoms with van der Waals surface area (Å²) in [6, 6.07) is 16.8. The molecule has 0 aliphatic carbocycles. The molecule has 0 fully saturated rings. The molecule has 0 saturated heterocycles. The molecule has 0 radical (unpaired) electrons. The van der Waals surface area contributed by atoms with Crippen LogP contribution in [0, 0.1) is 0 Å². The first-order valence-corrected chi connectivity index (χ1v) is 9.36. The zero-order chi connectivity index (χ0) is 18.9. The number of carbonyl (C=O) groups excluding carboxylic acids is 1. The van der Waals surface area contributed by atoms with E-state index in [1.807, 2.05) is 42.5 Å². The van der Waals surface area contributed by atoms with E-state index in [1.165, 1.54) is 0 Å². The SMILES string of the molecule is O=C(Nc1ccc(NC(=S)NCCOc2ccccc2)cc1)c1csnn1. The van der Waals surface area contributed by atoms with Gasteiger partial charge in [-0.3, -0.25) is 4.79 Å². The van der Waals surface area contributed by atoms with Gasteiger partial charge in [-0.25, -0.2) is 0 Å². The number of hydrogen-bond acceptors (Lipinski definition) is 6. The number of benzene rings is 2. The smallest absolute Gasteiger partial charge is 0.277 e. The fourth-order valence-electron chi connectivity index (χ4n) is 2.12. The van der Waals surface area contributed by atoms with Crippen molar-refractivity contribution >= 4 is 46.1 Å². The lowest BCUT2D eigenvalue weighted by Crippen LogP contribution is -2.31. The molecule has 3 N–H and O–H groups in total. The van der Waals surface area contributed by atoms with Crippen molar-refractivity contribution in [2.45, 2.75) is 0 Å². The average molecular weight is 400 g/mol. The second kappa shape index (κ2) is 9.60. The summed E-state index contributed by atoms with van der Waals surface area (Å²) in [5.41, 5.74) is 1.77. The third-order valence-electron chi connectivity index (χ3n) is 3.39. The Balaban J connectivity index is 1.39. The summed E-state index contributed by atoms with van der Waals surface area (Å²) in [7, 11) is 0. The molecule has 27 heavy (non-hydrogen) atoms. The van der Waals surface area contributed by atoms with E-state index in [0.29, 0.717) is 29.6 Å². The maximum absolute atomic E-state index is 11.9. The molecule has 1 heterocycles. The number of hydrogen-bond donors (Lipinski definition) is 3. The number of ether oxygens (including phenoxy) is 1. The lowest BCUT2D eigenvalue weighted by atomic mass is 10.2. The fraction of sp³-hybridized carbons (Fsp3) is 0.111. The predicted molar refractivity (Wildman–Crippen MR) is 110 cm³/mol. The van der Waals surface area contributed by atoms with Gasteiger partial charge in [-0.2, -0.15) is 0 Å². The first kappa shape index (κ1) is 18.7. The monoisotopic (exact) mass is 399 g/mol. The van der Waals surface area contributed by atoms with Gasteiger partial charge in [0.25, 0.3) is 5.91 Å². The lowest BCUT2D eigenvalue weighted by molar-refractivity contribution is 0.102. The molecule has 9 heteroatoms. The van der Waals surface area contributed by atoms with Gasteiger partial charge in [0.15, 0.2) is 10.8 Å². The van der Waals surface area contributed by atoms with Crippen molar-refractivity contribution in [1.29, 1.82) is 0 Å². The third kappa shape index (κ3) is 6.01. The summed E-state index contributed by atoms with van der Waals surface area (Å²) < 4.78 is 9.26. The molecule has 138 valence electrons. The topological polar surface area (TPSA) is 88.2 Å². The molecule has 1 amide bonds. The zero-order valence-corrected chi connectivity index (χ0v) is 15.8. The first-order valence-electron chi connectivity index (χ1n) is 8.12. The van der Waals surface area contributed by atoms with Crippen LogP contribution in [0.25, 0.3) is 0 Å². The van der Waals surface area contributed by atoms with E-state index in [-0.39, 0.29) is 5.91 Å². The second-order valence-electron chi connectivity index (χ2n) is 5.36. The highest BCUT2D eigenvalue weighted by Gasteiger charge is 2.08. The molecule has 0 spiro atoms. The molecule has 0 bridgehead atoms. The van der Waals surface area contributed by atoms with Crippen LogP contribution in [0.4, 0.5) is 11.4 Å². The summed E-state index contributed by atoms with van der Waals surface area (Å²) in [6.45, 7) is 1.08. The minimum Gasteiger partial charge on any atom is -0.492 e. The average Bonchev–Trinajstić information content (AvgIpc) is 3.23. The summed E-state index contributed by atoms with van der Waals surface area (Å²) >= 11 is 6.39. The Kier molecular flexibility index (Phi) is 6.66. The van der Waals surface area contributed by atoms with Crippen LogP contribution in [-0.4, -0.2) is 33.8 Å². The van der Waals surface area contributed by atoms with Crippen molar-refractivity contribution in [3.8, 4) is 5.75 Å². The van der Waals surface area contributed by atoms with E-state index in [9.17, 15) is 4.79 Å². The van der Waals surface area contributed by atoms with Gasteiger partial charge in [0.2, 0.25) is 0 Å². The molecule has 0 aliphatic rings. The van der Waals surface area contributed by atoms with Crippen LogP contribution in [-0.2, 0) is 0 Å². The van der Waals surface area contributed by atoms with Crippen LogP contribution in [0.3, 0.4) is 0 Å². The van der Waals surface area contributed by atoms with Gasteiger partial charge in [-0.1, -0.05) is 22.7 Å². The number of nitrogens with zero attached hydrogens (tertiary/aromatic N) is 2. The Morgan fingerprint density at radius 3 is 2.41 bits per heavy atom. The van der Waals surface area contributed by atoms with Gasteiger partial charge in [0.05, 0.1) is 6.54 Å². The Morgan fingerprint density at radius 1 is 1.04 bits per heavy atom. The zero-order valence-electron chi connectivity index (χ0n) is 14.2. The number of aromatic nitrogens is 2. The molecule has 3 rings (SSSR count). The largest absolute Gasteiger partial charge is 0.492 e. The number of rotatable bonds is 7. The number of thiocarbonyl (C=S) groups is 1. The maximum Gasteiger partial charge on any atom is 0.277 e. The molecule has 7 nitrogen and oxygen atoms in total. The summed E-state index contributed by atoms with van der Waals surface area (Å²) in [6.07, 6.45) is 0. The van der Waals surface area contributed by atoms with Gasteiger partial charge >= 0.3 is 0 Å². The maximum atomic E-state index is 11.9. The summed E-state index contributed by atoms with van der Waals surface area (Å²) in [4.78, 5) is 11.9. The number of carbonyl (C=O) groups is 1. The molecule has 0 saturated carbocycles. The van der Waals surface area contributed by atoms with Crippen molar-refractivity contribution in [3.63, 3.8) is 0 Å². The quantitative estimate of drug-likeness (QED) is 0.415. The van der Waals surface area contributed by atoms with E-state index >= 15 is 0 Å². The molecule has 1 aromatic heterocycles. The highest BCUT2D eigenvalue weighted by Crippen LogP contribution is 2.14. The predicted octanol–water partition coefficient (Wildman–Crippen LogP) is 3.16. The molecule has 3 aromatic rings. The summed E-state index contributed by atoms with van der Waals surface area (Å²) in [5, 5.41) is 14.7. The van der Waals surface area contributed by atoms with Gasteiger partial charge in [-0.15, -0.1) is 5.10 Å². The number of para-hydroxylation sites is 1. The van der Waals surface area contributed by atoms with Crippen LogP contribution in [0.15, 0.2) is 60.0 Å². The Labute approximate surface area is 165 Å². The first-order chi connectivity index (χ1) is 13.2. The van der Waals surface area contributed by atoms with Gasteiger partial charge in [0, 0.05) is 16.8 Å². The molecule has 0 aliphatic heterocycles. The van der Waals surface area contributed by atoms with Gasteiger partial charge < -0.3 is 20.7 Å². The van der Waals surface area contributed by atoms with E-state index in [1.54, 1.807) is 17.5 Å². The van der Waals surface area contributed by atoms with Crippen LogP contribution in [0.1, 0.15) is 10.5 Å². The van der Waals surface area contributed by atoms with Crippen molar-refractivity contribution < 1.29 is 9.53 Å². The Morgan fingerprint density at radius 2 is 1.74 bits per heavy atom. The Bertz CT molecular complexity index is 871. The minimum absolute atomic E-state index is 0.292. The van der Waals surface area contributed by atoms with E-state index < -0.39 is 0 Å². The van der Waals surface area contributed by atoms with Crippen LogP contribution in [0.2, 0.25) is 0 Å². The standard InChI is InChI=1S/C18H17N5O2S2/c24-17(16-12-27-23-22-16)20-13-6-8-14(9-7-13)21-18(26)19-10-11-25-15-4-2-1-3-5-15/h1-9,12H,10-11H2,(H,20,24)(H2,19,21,26). The molecule has 2 aromatic carbocycles. The van der Waals surface area contributed by atoms with Crippen molar-refractivity contribution in [1.82, 2.24) is 14.9 Å². The molecule has 0 atom stereocenters. The normalized spacial score (nSPS) is 10.1. The van der Waals surface area contributed by atoms with Gasteiger partial charge in [0.1, 0.15) is 12.4 Å². The van der Waals surface area contributed by atoms with Gasteiger partial charge in [-0.05, 0) is 60.1 Å². The third-order valence-corrected chi connectivity index (χ3v) is 4.14. The van der Waals surface area contributed by atoms with Crippen molar-refractivity contribution in [2.75, 3.05) is 23.8 Å². The Hall–Kier alpha value is -3.04.